The third-order valence-electron chi connectivity index (χ3n) is 2.51. The molecule has 0 fully saturated rings. The Morgan fingerprint density at radius 2 is 1.40 bits per heavy atom. The van der Waals surface area contributed by atoms with Gasteiger partial charge in [-0.3, -0.25) is 0 Å². The Balaban J connectivity index is 3.13. The molecule has 0 spiro atoms. The van der Waals surface area contributed by atoms with E-state index < -0.39 is 11.9 Å². The number of phenolic OH excluding ortho intramolecular Hbond substituents is 1. The Labute approximate surface area is 117 Å². The van der Waals surface area contributed by atoms with E-state index in [0.717, 1.165) is 5.56 Å². The van der Waals surface area contributed by atoms with Gasteiger partial charge in [-0.15, -0.1) is 0 Å². The number of rotatable bonds is 4. The minimum atomic E-state index is -0.516. The number of aryl methyl sites for hydroxylation is 1. The molecule has 1 rings (SSSR count). The SMILES string of the molecule is COC(=O)/C=C/c1cc(C)cc(/C=C/C(=O)OC)c1O. The molecule has 0 radical (unpaired) electrons. The zero-order valence-electron chi connectivity index (χ0n) is 11.5. The van der Waals surface area contributed by atoms with Crippen LogP contribution in [0.15, 0.2) is 24.3 Å². The first kappa shape index (κ1) is 15.5. The van der Waals surface area contributed by atoms with Crippen LogP contribution >= 0.6 is 0 Å². The number of carbonyl (C=O) groups excluding carboxylic acids is 2. The van der Waals surface area contributed by atoms with Crippen LogP contribution in [0.2, 0.25) is 0 Å². The van der Waals surface area contributed by atoms with Crippen molar-refractivity contribution < 1.29 is 24.2 Å². The number of hydrogen-bond donors (Lipinski definition) is 1. The third kappa shape index (κ3) is 4.28. The fraction of sp³-hybridized carbons (Fsp3) is 0.200. The predicted octanol–water partition coefficient (Wildman–Crippen LogP) is 2.07. The number of aromatic hydroxyl groups is 1. The second-order valence-electron chi connectivity index (χ2n) is 4.00. The number of esters is 2. The molecule has 5 nitrogen and oxygen atoms in total. The van der Waals surface area contributed by atoms with Crippen LogP contribution in [0.4, 0.5) is 0 Å². The van der Waals surface area contributed by atoms with Gasteiger partial charge in [0, 0.05) is 23.3 Å². The first-order valence-electron chi connectivity index (χ1n) is 5.83. The topological polar surface area (TPSA) is 72.8 Å². The van der Waals surface area contributed by atoms with Crippen molar-refractivity contribution in [3.63, 3.8) is 0 Å². The summed E-state index contributed by atoms with van der Waals surface area (Å²) in [7, 11) is 2.54. The number of phenols is 1. The molecule has 0 bridgehead atoms. The summed E-state index contributed by atoms with van der Waals surface area (Å²) in [6.45, 7) is 1.84. The van der Waals surface area contributed by atoms with Gasteiger partial charge in [0.2, 0.25) is 0 Å². The number of benzene rings is 1. The van der Waals surface area contributed by atoms with Crippen molar-refractivity contribution in [2.75, 3.05) is 14.2 Å². The van der Waals surface area contributed by atoms with E-state index in [9.17, 15) is 14.7 Å². The molecule has 0 unspecified atom stereocenters. The minimum Gasteiger partial charge on any atom is -0.507 e. The Morgan fingerprint density at radius 3 is 1.75 bits per heavy atom. The highest BCUT2D eigenvalue weighted by atomic mass is 16.5. The van der Waals surface area contributed by atoms with Crippen molar-refractivity contribution in [1.29, 1.82) is 0 Å². The number of hydrogen-bond acceptors (Lipinski definition) is 5. The highest BCUT2D eigenvalue weighted by Gasteiger charge is 2.06. The summed E-state index contributed by atoms with van der Waals surface area (Å²) in [6.07, 6.45) is 5.32. The first-order chi connectivity index (χ1) is 9.47. The van der Waals surface area contributed by atoms with E-state index in [1.165, 1.54) is 38.5 Å². The lowest BCUT2D eigenvalue weighted by molar-refractivity contribution is -0.135. The molecule has 1 aromatic carbocycles. The van der Waals surface area contributed by atoms with E-state index in [0.29, 0.717) is 11.1 Å². The minimum absolute atomic E-state index is 0.0316. The molecule has 0 saturated carbocycles. The second kappa shape index (κ2) is 7.13. The van der Waals surface area contributed by atoms with E-state index in [4.69, 9.17) is 0 Å². The molecule has 0 aliphatic rings. The summed E-state index contributed by atoms with van der Waals surface area (Å²) >= 11 is 0. The Morgan fingerprint density at radius 1 is 1.00 bits per heavy atom. The van der Waals surface area contributed by atoms with Gasteiger partial charge in [0.25, 0.3) is 0 Å². The average molecular weight is 276 g/mol. The molecular weight excluding hydrogens is 260 g/mol. The van der Waals surface area contributed by atoms with E-state index in [1.54, 1.807) is 12.1 Å². The molecule has 0 atom stereocenters. The first-order valence-corrected chi connectivity index (χ1v) is 5.83. The van der Waals surface area contributed by atoms with Crippen molar-refractivity contribution in [2.45, 2.75) is 6.92 Å². The fourth-order valence-electron chi connectivity index (χ4n) is 1.54. The van der Waals surface area contributed by atoms with Crippen LogP contribution in [0, 0.1) is 6.92 Å². The van der Waals surface area contributed by atoms with Crippen LogP contribution in [0.25, 0.3) is 12.2 Å². The van der Waals surface area contributed by atoms with Gasteiger partial charge in [0.1, 0.15) is 5.75 Å². The normalized spacial score (nSPS) is 10.9. The van der Waals surface area contributed by atoms with E-state index in [-0.39, 0.29) is 5.75 Å². The van der Waals surface area contributed by atoms with E-state index in [2.05, 4.69) is 9.47 Å². The third-order valence-corrected chi connectivity index (χ3v) is 2.51. The highest BCUT2D eigenvalue weighted by molar-refractivity contribution is 5.89. The van der Waals surface area contributed by atoms with Crippen molar-refractivity contribution in [1.82, 2.24) is 0 Å². The van der Waals surface area contributed by atoms with Crippen LogP contribution in [0.5, 0.6) is 5.75 Å². The average Bonchev–Trinajstić information content (AvgIpc) is 2.45. The molecular formula is C15H16O5. The van der Waals surface area contributed by atoms with Gasteiger partial charge in [-0.2, -0.15) is 0 Å². The molecule has 1 N–H and O–H groups in total. The zero-order valence-corrected chi connectivity index (χ0v) is 11.5. The van der Waals surface area contributed by atoms with Crippen molar-refractivity contribution in [3.8, 4) is 5.75 Å². The van der Waals surface area contributed by atoms with Crippen LogP contribution in [-0.4, -0.2) is 31.3 Å². The van der Waals surface area contributed by atoms with E-state index in [1.807, 2.05) is 6.92 Å². The molecule has 0 aliphatic heterocycles. The quantitative estimate of drug-likeness (QED) is 0.673. The zero-order chi connectivity index (χ0) is 15.1. The van der Waals surface area contributed by atoms with Crippen LogP contribution < -0.4 is 0 Å². The van der Waals surface area contributed by atoms with Crippen molar-refractivity contribution in [2.24, 2.45) is 0 Å². The van der Waals surface area contributed by atoms with Gasteiger partial charge in [0.15, 0.2) is 0 Å². The van der Waals surface area contributed by atoms with Crippen molar-refractivity contribution in [3.05, 3.63) is 41.0 Å². The maximum absolute atomic E-state index is 11.1. The van der Waals surface area contributed by atoms with Crippen LogP contribution in [-0.2, 0) is 19.1 Å². The van der Waals surface area contributed by atoms with Crippen molar-refractivity contribution >= 4 is 24.1 Å². The van der Waals surface area contributed by atoms with Gasteiger partial charge in [0.05, 0.1) is 14.2 Å². The van der Waals surface area contributed by atoms with Crippen LogP contribution in [0.1, 0.15) is 16.7 Å². The maximum Gasteiger partial charge on any atom is 0.330 e. The molecule has 1 aromatic rings. The van der Waals surface area contributed by atoms with Crippen LogP contribution in [0.3, 0.4) is 0 Å². The summed E-state index contributed by atoms with van der Waals surface area (Å²) in [6, 6.07) is 3.43. The predicted molar refractivity (Wildman–Crippen MR) is 74.9 cm³/mol. The summed E-state index contributed by atoms with van der Waals surface area (Å²) in [5, 5.41) is 10.1. The molecule has 0 heterocycles. The Bertz CT molecular complexity index is 523. The standard InChI is InChI=1S/C15H16O5/c1-10-8-11(4-6-13(16)19-2)15(18)12(9-10)5-7-14(17)20-3/h4-9,18H,1-3H3/b6-4+,7-5+. The number of methoxy groups -OCH3 is 2. The lowest BCUT2D eigenvalue weighted by Gasteiger charge is -2.06. The summed E-state index contributed by atoms with van der Waals surface area (Å²) in [5.74, 6) is -1.06. The molecule has 5 heteroatoms. The smallest absolute Gasteiger partial charge is 0.330 e. The fourth-order valence-corrected chi connectivity index (χ4v) is 1.54. The molecule has 20 heavy (non-hydrogen) atoms. The molecule has 106 valence electrons. The molecule has 0 aliphatic carbocycles. The second-order valence-corrected chi connectivity index (χ2v) is 4.00. The number of carbonyl (C=O) groups is 2. The van der Waals surface area contributed by atoms with Gasteiger partial charge in [-0.1, -0.05) is 0 Å². The molecule has 0 amide bonds. The van der Waals surface area contributed by atoms with Gasteiger partial charge in [-0.25, -0.2) is 9.59 Å². The lowest BCUT2D eigenvalue weighted by Crippen LogP contribution is -1.94. The lowest BCUT2D eigenvalue weighted by atomic mass is 10.0. The van der Waals surface area contributed by atoms with Gasteiger partial charge >= 0.3 is 11.9 Å². The number of ether oxygens (including phenoxy) is 2. The summed E-state index contributed by atoms with van der Waals surface area (Å²) in [5.41, 5.74) is 1.79. The summed E-state index contributed by atoms with van der Waals surface area (Å²) in [4.78, 5) is 22.1. The largest absolute Gasteiger partial charge is 0.507 e. The Kier molecular flexibility index (Phi) is 5.53. The monoisotopic (exact) mass is 276 g/mol. The molecule has 0 aromatic heterocycles. The maximum atomic E-state index is 11.1. The Hall–Kier alpha value is -2.56. The summed E-state index contributed by atoms with van der Waals surface area (Å²) < 4.78 is 8.97. The van der Waals surface area contributed by atoms with E-state index >= 15 is 0 Å². The molecule has 0 saturated heterocycles. The van der Waals surface area contributed by atoms with Gasteiger partial charge < -0.3 is 14.6 Å². The highest BCUT2D eigenvalue weighted by Crippen LogP contribution is 2.27. The van der Waals surface area contributed by atoms with Gasteiger partial charge in [-0.05, 0) is 36.8 Å².